The van der Waals surface area contributed by atoms with Gasteiger partial charge in [0, 0.05) is 18.2 Å². The molecule has 1 atom stereocenters. The third-order valence-corrected chi connectivity index (χ3v) is 2.46. The number of nitrogens with one attached hydrogen (secondary N) is 2. The van der Waals surface area contributed by atoms with Crippen LogP contribution in [-0.4, -0.2) is 38.9 Å². The second kappa shape index (κ2) is 7.74. The van der Waals surface area contributed by atoms with Crippen molar-refractivity contribution in [2.45, 2.75) is 18.8 Å². The molecular formula is C11H12ClF3N6O2. The molecule has 0 saturated heterocycles. The van der Waals surface area contributed by atoms with Gasteiger partial charge in [0.25, 0.3) is 0 Å². The summed E-state index contributed by atoms with van der Waals surface area (Å²) < 4.78 is 40.1. The molecule has 1 aromatic carbocycles. The predicted molar refractivity (Wildman–Crippen MR) is 74.9 cm³/mol. The third-order valence-electron chi connectivity index (χ3n) is 2.46. The second-order valence-electron chi connectivity index (χ2n) is 4.20. The normalized spacial score (nSPS) is 12.2. The number of carbonyl (C=O) groups excluding carboxylic acids is 1. The Kier molecular flexibility index (Phi) is 6.28. The van der Waals surface area contributed by atoms with Crippen LogP contribution in [0, 0.1) is 0 Å². The Hall–Kier alpha value is -2.40. The zero-order valence-corrected chi connectivity index (χ0v) is 12.2. The first-order valence-electron chi connectivity index (χ1n) is 5.98. The van der Waals surface area contributed by atoms with Crippen molar-refractivity contribution < 1.29 is 22.7 Å². The van der Waals surface area contributed by atoms with Gasteiger partial charge in [-0.3, -0.25) is 4.79 Å². The lowest BCUT2D eigenvalue weighted by molar-refractivity contribution is -0.274. The number of aromatic amines is 1. The highest BCUT2D eigenvalue weighted by atomic mass is 35.5. The van der Waals surface area contributed by atoms with E-state index in [1.54, 1.807) is 0 Å². The Morgan fingerprint density at radius 3 is 2.78 bits per heavy atom. The number of nitrogens with zero attached hydrogens (tertiary/aromatic N) is 3. The van der Waals surface area contributed by atoms with Crippen LogP contribution in [0.15, 0.2) is 24.3 Å². The number of benzene rings is 1. The van der Waals surface area contributed by atoms with Crippen molar-refractivity contribution >= 4 is 24.0 Å². The smallest absolute Gasteiger partial charge is 0.406 e. The van der Waals surface area contributed by atoms with Crippen LogP contribution in [0.3, 0.4) is 0 Å². The molecule has 8 nitrogen and oxygen atoms in total. The first kappa shape index (κ1) is 18.6. The summed E-state index contributed by atoms with van der Waals surface area (Å²) >= 11 is 0. The lowest BCUT2D eigenvalue weighted by atomic mass is 10.2. The van der Waals surface area contributed by atoms with E-state index < -0.39 is 24.1 Å². The van der Waals surface area contributed by atoms with Crippen LogP contribution in [-0.2, 0) is 11.2 Å². The van der Waals surface area contributed by atoms with E-state index in [1.165, 1.54) is 12.1 Å². The first-order valence-corrected chi connectivity index (χ1v) is 5.98. The molecule has 0 spiro atoms. The second-order valence-corrected chi connectivity index (χ2v) is 4.20. The maximum atomic E-state index is 12.1. The molecule has 1 aromatic heterocycles. The summed E-state index contributed by atoms with van der Waals surface area (Å²) in [5, 5.41) is 15.2. The van der Waals surface area contributed by atoms with Crippen LogP contribution < -0.4 is 15.8 Å². The molecule has 1 heterocycles. The average molecular weight is 353 g/mol. The lowest BCUT2D eigenvalue weighted by Gasteiger charge is -2.12. The Morgan fingerprint density at radius 2 is 2.17 bits per heavy atom. The zero-order valence-electron chi connectivity index (χ0n) is 11.4. The van der Waals surface area contributed by atoms with E-state index in [-0.39, 0.29) is 30.3 Å². The Bertz CT molecular complexity index is 637. The number of hydrogen-bond donors (Lipinski definition) is 3. The van der Waals surface area contributed by atoms with E-state index in [0.717, 1.165) is 12.1 Å². The zero-order chi connectivity index (χ0) is 16.2. The molecule has 12 heteroatoms. The number of aromatic nitrogens is 4. The summed E-state index contributed by atoms with van der Waals surface area (Å²) in [5.41, 5.74) is 5.77. The van der Waals surface area contributed by atoms with Crippen LogP contribution in [0.1, 0.15) is 5.82 Å². The van der Waals surface area contributed by atoms with Gasteiger partial charge in [-0.05, 0) is 12.1 Å². The number of amides is 1. The standard InChI is InChI=1S/C11H11F3N6O2.ClH/c12-11(13,14)22-7-3-1-2-6(4-7)16-10(21)8(15)5-9-17-19-20-18-9;/h1-4,8H,5,15H2,(H,16,21)(H,17,18,19,20);1H/t8-;/m1./s1. The van der Waals surface area contributed by atoms with Crippen molar-refractivity contribution in [3.05, 3.63) is 30.1 Å². The van der Waals surface area contributed by atoms with Gasteiger partial charge in [0.05, 0.1) is 6.04 Å². The van der Waals surface area contributed by atoms with Crippen LogP contribution >= 0.6 is 12.4 Å². The number of anilines is 1. The molecule has 1 amide bonds. The van der Waals surface area contributed by atoms with Gasteiger partial charge in [0.15, 0.2) is 5.82 Å². The Labute approximate surface area is 134 Å². The fourth-order valence-corrected chi connectivity index (χ4v) is 1.56. The maximum Gasteiger partial charge on any atom is 0.573 e. The number of rotatable bonds is 5. The molecule has 0 saturated carbocycles. The SMILES string of the molecule is Cl.N[C@H](Cc1nn[nH]n1)C(=O)Nc1cccc(OC(F)(F)F)c1. The van der Waals surface area contributed by atoms with Gasteiger partial charge >= 0.3 is 6.36 Å². The minimum atomic E-state index is -4.81. The van der Waals surface area contributed by atoms with Crippen LogP contribution in [0.25, 0.3) is 0 Å². The minimum Gasteiger partial charge on any atom is -0.406 e. The van der Waals surface area contributed by atoms with Gasteiger partial charge in [0.1, 0.15) is 5.75 Å². The van der Waals surface area contributed by atoms with Gasteiger partial charge < -0.3 is 15.8 Å². The monoisotopic (exact) mass is 352 g/mol. The summed E-state index contributed by atoms with van der Waals surface area (Å²) in [4.78, 5) is 11.8. The molecule has 0 fully saturated rings. The molecule has 0 bridgehead atoms. The number of tetrazole rings is 1. The van der Waals surface area contributed by atoms with E-state index in [9.17, 15) is 18.0 Å². The number of ether oxygens (including phenoxy) is 1. The molecule has 23 heavy (non-hydrogen) atoms. The number of halogens is 4. The third kappa shape index (κ3) is 6.08. The highest BCUT2D eigenvalue weighted by Crippen LogP contribution is 2.25. The van der Waals surface area contributed by atoms with E-state index in [2.05, 4.69) is 30.7 Å². The molecule has 126 valence electrons. The quantitative estimate of drug-likeness (QED) is 0.739. The Morgan fingerprint density at radius 1 is 1.43 bits per heavy atom. The summed E-state index contributed by atoms with van der Waals surface area (Å²) in [6.07, 6.45) is -4.78. The summed E-state index contributed by atoms with van der Waals surface area (Å²) in [5.74, 6) is -0.803. The number of hydrogen-bond acceptors (Lipinski definition) is 6. The largest absolute Gasteiger partial charge is 0.573 e. The molecule has 4 N–H and O–H groups in total. The van der Waals surface area contributed by atoms with Gasteiger partial charge in [-0.2, -0.15) is 5.21 Å². The molecule has 0 aliphatic carbocycles. The van der Waals surface area contributed by atoms with Gasteiger partial charge in [-0.25, -0.2) is 0 Å². The molecule has 0 aliphatic rings. The van der Waals surface area contributed by atoms with Crippen molar-refractivity contribution in [3.8, 4) is 5.75 Å². The summed E-state index contributed by atoms with van der Waals surface area (Å²) in [6.45, 7) is 0. The number of alkyl halides is 3. The minimum absolute atomic E-state index is 0. The first-order chi connectivity index (χ1) is 10.3. The van der Waals surface area contributed by atoms with E-state index >= 15 is 0 Å². The number of carbonyl (C=O) groups is 1. The van der Waals surface area contributed by atoms with Crippen molar-refractivity contribution in [2.75, 3.05) is 5.32 Å². The molecule has 2 rings (SSSR count). The van der Waals surface area contributed by atoms with Gasteiger partial charge in [-0.1, -0.05) is 11.3 Å². The summed E-state index contributed by atoms with van der Waals surface area (Å²) in [6, 6.07) is 3.88. The van der Waals surface area contributed by atoms with Crippen molar-refractivity contribution in [1.82, 2.24) is 20.6 Å². The van der Waals surface area contributed by atoms with E-state index in [0.29, 0.717) is 0 Å². The van der Waals surface area contributed by atoms with Crippen LogP contribution in [0.4, 0.5) is 18.9 Å². The average Bonchev–Trinajstić information content (AvgIpc) is 2.89. The van der Waals surface area contributed by atoms with Crippen molar-refractivity contribution in [3.63, 3.8) is 0 Å². The number of nitrogens with two attached hydrogens (primary N) is 1. The highest BCUT2D eigenvalue weighted by Gasteiger charge is 2.31. The molecule has 2 aromatic rings. The molecular weight excluding hydrogens is 341 g/mol. The van der Waals surface area contributed by atoms with E-state index in [4.69, 9.17) is 5.73 Å². The topological polar surface area (TPSA) is 119 Å². The fraction of sp³-hybridized carbons (Fsp3) is 0.273. The van der Waals surface area contributed by atoms with Crippen molar-refractivity contribution in [2.24, 2.45) is 5.73 Å². The Balaban J connectivity index is 0.00000264. The molecule has 0 radical (unpaired) electrons. The molecule has 0 aliphatic heterocycles. The molecule has 0 unspecified atom stereocenters. The van der Waals surface area contributed by atoms with Gasteiger partial charge in [0.2, 0.25) is 5.91 Å². The lowest BCUT2D eigenvalue weighted by Crippen LogP contribution is -2.37. The van der Waals surface area contributed by atoms with Gasteiger partial charge in [-0.15, -0.1) is 35.8 Å². The summed E-state index contributed by atoms with van der Waals surface area (Å²) in [7, 11) is 0. The van der Waals surface area contributed by atoms with E-state index in [1.807, 2.05) is 0 Å². The van der Waals surface area contributed by atoms with Crippen LogP contribution in [0.5, 0.6) is 5.75 Å². The maximum absolute atomic E-state index is 12.1. The van der Waals surface area contributed by atoms with Crippen LogP contribution in [0.2, 0.25) is 0 Å². The fourth-order valence-electron chi connectivity index (χ4n) is 1.56. The number of H-pyrrole nitrogens is 1. The highest BCUT2D eigenvalue weighted by molar-refractivity contribution is 5.94. The van der Waals surface area contributed by atoms with Crippen molar-refractivity contribution in [1.29, 1.82) is 0 Å². The predicted octanol–water partition coefficient (Wildman–Crippen LogP) is 1.03.